The molecule has 3 N–H and O–H groups in total. The van der Waals surface area contributed by atoms with Crippen LogP contribution in [0.15, 0.2) is 23.1 Å². The van der Waals surface area contributed by atoms with E-state index in [1.54, 1.807) is 0 Å². The summed E-state index contributed by atoms with van der Waals surface area (Å²) in [6.45, 7) is 1.18. The molecular formula is C13H19ClN2S. The van der Waals surface area contributed by atoms with Gasteiger partial charge in [-0.25, -0.2) is 0 Å². The maximum Gasteiger partial charge on any atom is 0.0562 e. The molecule has 0 bridgehead atoms. The molecule has 1 fully saturated rings. The van der Waals surface area contributed by atoms with Crippen molar-refractivity contribution >= 4 is 29.1 Å². The molecule has 4 heteroatoms. The molecule has 1 aliphatic heterocycles. The van der Waals surface area contributed by atoms with E-state index in [1.807, 2.05) is 30.0 Å². The lowest BCUT2D eigenvalue weighted by Gasteiger charge is -2.23. The van der Waals surface area contributed by atoms with Gasteiger partial charge in [-0.1, -0.05) is 18.0 Å². The number of rotatable bonds is 4. The summed E-state index contributed by atoms with van der Waals surface area (Å²) in [6, 6.07) is 6.44. The van der Waals surface area contributed by atoms with E-state index in [2.05, 4.69) is 5.32 Å². The second-order valence-corrected chi connectivity index (χ2v) is 6.02. The van der Waals surface area contributed by atoms with E-state index < -0.39 is 0 Å². The van der Waals surface area contributed by atoms with Crippen molar-refractivity contribution in [2.75, 3.05) is 18.0 Å². The van der Waals surface area contributed by atoms with Gasteiger partial charge in [0.15, 0.2) is 0 Å². The smallest absolute Gasteiger partial charge is 0.0562 e. The van der Waals surface area contributed by atoms with Gasteiger partial charge in [-0.2, -0.15) is 0 Å². The molecule has 1 saturated heterocycles. The molecule has 0 saturated carbocycles. The lowest BCUT2D eigenvalue weighted by Crippen LogP contribution is -2.34. The molecule has 0 amide bonds. The van der Waals surface area contributed by atoms with Crippen LogP contribution in [0.25, 0.3) is 0 Å². The monoisotopic (exact) mass is 270 g/mol. The first-order valence-corrected chi connectivity index (χ1v) is 7.53. The first-order chi connectivity index (χ1) is 8.25. The number of hydrogen-bond donors (Lipinski definition) is 2. The molecule has 0 radical (unpaired) electrons. The van der Waals surface area contributed by atoms with Crippen LogP contribution in [-0.2, 0) is 0 Å². The summed E-state index contributed by atoms with van der Waals surface area (Å²) in [5.74, 6) is 1.11. The lowest BCUT2D eigenvalue weighted by molar-refractivity contribution is 0.395. The molecule has 0 aliphatic carbocycles. The van der Waals surface area contributed by atoms with Gasteiger partial charge in [0.05, 0.1) is 5.02 Å². The minimum absolute atomic E-state index is 0.698. The Morgan fingerprint density at radius 3 is 3.00 bits per heavy atom. The highest BCUT2D eigenvalue weighted by atomic mass is 35.5. The topological polar surface area (TPSA) is 38.0 Å². The molecule has 1 aromatic rings. The third-order valence-electron chi connectivity index (χ3n) is 3.09. The Labute approximate surface area is 112 Å². The van der Waals surface area contributed by atoms with Crippen LogP contribution in [0.1, 0.15) is 25.7 Å². The summed E-state index contributed by atoms with van der Waals surface area (Å²) in [6.07, 6.45) is 5.22. The SMILES string of the molecule is Nc1ccc(SCCC2CCCCN2)c(Cl)c1. The maximum atomic E-state index is 6.13. The van der Waals surface area contributed by atoms with Crippen LogP contribution in [0.4, 0.5) is 5.69 Å². The van der Waals surface area contributed by atoms with Crippen molar-refractivity contribution in [3.8, 4) is 0 Å². The van der Waals surface area contributed by atoms with Crippen LogP contribution < -0.4 is 11.1 Å². The highest BCUT2D eigenvalue weighted by Crippen LogP contribution is 2.29. The van der Waals surface area contributed by atoms with Gasteiger partial charge in [-0.3, -0.25) is 0 Å². The van der Waals surface area contributed by atoms with Crippen LogP contribution in [0, 0.1) is 0 Å². The highest BCUT2D eigenvalue weighted by Gasteiger charge is 2.12. The fourth-order valence-electron chi connectivity index (χ4n) is 2.12. The minimum Gasteiger partial charge on any atom is -0.399 e. The zero-order chi connectivity index (χ0) is 12.1. The number of nitrogen functional groups attached to an aromatic ring is 1. The van der Waals surface area contributed by atoms with Crippen LogP contribution in [0.5, 0.6) is 0 Å². The Balaban J connectivity index is 1.77. The van der Waals surface area contributed by atoms with Gasteiger partial charge in [0.2, 0.25) is 0 Å². The van der Waals surface area contributed by atoms with Gasteiger partial charge in [0.25, 0.3) is 0 Å². The number of piperidine rings is 1. The third kappa shape index (κ3) is 4.09. The van der Waals surface area contributed by atoms with Gasteiger partial charge in [-0.05, 0) is 49.8 Å². The summed E-state index contributed by atoms with van der Waals surface area (Å²) < 4.78 is 0. The van der Waals surface area contributed by atoms with E-state index in [-0.39, 0.29) is 0 Å². The molecule has 1 aliphatic rings. The van der Waals surface area contributed by atoms with Crippen molar-refractivity contribution in [3.63, 3.8) is 0 Å². The van der Waals surface area contributed by atoms with Crippen molar-refractivity contribution in [2.24, 2.45) is 0 Å². The Morgan fingerprint density at radius 1 is 1.41 bits per heavy atom. The normalized spacial score (nSPS) is 20.4. The molecule has 1 atom stereocenters. The number of hydrogen-bond acceptors (Lipinski definition) is 3. The van der Waals surface area contributed by atoms with Gasteiger partial charge in [-0.15, -0.1) is 11.8 Å². The van der Waals surface area contributed by atoms with Crippen molar-refractivity contribution in [1.82, 2.24) is 5.32 Å². The summed E-state index contributed by atoms with van der Waals surface area (Å²) in [5.41, 5.74) is 6.40. The molecular weight excluding hydrogens is 252 g/mol. The predicted molar refractivity (Wildman–Crippen MR) is 76.8 cm³/mol. The average molecular weight is 271 g/mol. The van der Waals surface area contributed by atoms with E-state index in [1.165, 1.54) is 32.2 Å². The lowest BCUT2D eigenvalue weighted by atomic mass is 10.0. The van der Waals surface area contributed by atoms with Crippen molar-refractivity contribution < 1.29 is 0 Å². The summed E-state index contributed by atoms with van der Waals surface area (Å²) in [5, 5.41) is 4.33. The highest BCUT2D eigenvalue weighted by molar-refractivity contribution is 7.99. The summed E-state index contributed by atoms with van der Waals surface area (Å²) in [7, 11) is 0. The molecule has 1 unspecified atom stereocenters. The van der Waals surface area contributed by atoms with Gasteiger partial charge < -0.3 is 11.1 Å². The fourth-order valence-corrected chi connectivity index (χ4v) is 3.45. The van der Waals surface area contributed by atoms with Gasteiger partial charge in [0.1, 0.15) is 0 Å². The van der Waals surface area contributed by atoms with E-state index in [9.17, 15) is 0 Å². The minimum atomic E-state index is 0.698. The van der Waals surface area contributed by atoms with Crippen LogP contribution in [-0.4, -0.2) is 18.3 Å². The second kappa shape index (κ2) is 6.53. The van der Waals surface area contributed by atoms with Crippen LogP contribution >= 0.6 is 23.4 Å². The fraction of sp³-hybridized carbons (Fsp3) is 0.538. The predicted octanol–water partition coefficient (Wildman–Crippen LogP) is 3.55. The Kier molecular flexibility index (Phi) is 5.01. The first kappa shape index (κ1) is 13.1. The molecule has 2 nitrogen and oxygen atoms in total. The number of nitrogens with two attached hydrogens (primary N) is 1. The number of benzene rings is 1. The third-order valence-corrected chi connectivity index (χ3v) is 4.62. The Morgan fingerprint density at radius 2 is 2.29 bits per heavy atom. The van der Waals surface area contributed by atoms with Gasteiger partial charge >= 0.3 is 0 Å². The van der Waals surface area contributed by atoms with Crippen LogP contribution in [0.2, 0.25) is 5.02 Å². The van der Waals surface area contributed by atoms with E-state index >= 15 is 0 Å². The maximum absolute atomic E-state index is 6.13. The number of halogens is 1. The number of nitrogens with one attached hydrogen (secondary N) is 1. The molecule has 1 heterocycles. The number of thioether (sulfide) groups is 1. The van der Waals surface area contributed by atoms with Crippen molar-refractivity contribution in [3.05, 3.63) is 23.2 Å². The molecule has 1 aromatic carbocycles. The molecule has 94 valence electrons. The van der Waals surface area contributed by atoms with Gasteiger partial charge in [0, 0.05) is 16.6 Å². The molecule has 17 heavy (non-hydrogen) atoms. The standard InChI is InChI=1S/C13H19ClN2S/c14-12-9-10(15)4-5-13(12)17-8-6-11-3-1-2-7-16-11/h4-5,9,11,16H,1-3,6-8,15H2. The largest absolute Gasteiger partial charge is 0.399 e. The zero-order valence-corrected chi connectivity index (χ0v) is 11.5. The van der Waals surface area contributed by atoms with E-state index in [4.69, 9.17) is 17.3 Å². The Hall–Kier alpha value is -0.380. The van der Waals surface area contributed by atoms with Crippen molar-refractivity contribution in [2.45, 2.75) is 36.6 Å². The van der Waals surface area contributed by atoms with Crippen LogP contribution in [0.3, 0.4) is 0 Å². The second-order valence-electron chi connectivity index (χ2n) is 4.47. The average Bonchev–Trinajstić information content (AvgIpc) is 2.33. The Bertz CT molecular complexity index is 364. The molecule has 2 rings (SSSR count). The first-order valence-electron chi connectivity index (χ1n) is 6.17. The van der Waals surface area contributed by atoms with E-state index in [0.717, 1.165) is 21.4 Å². The quantitative estimate of drug-likeness (QED) is 0.649. The van der Waals surface area contributed by atoms with E-state index in [0.29, 0.717) is 6.04 Å². The van der Waals surface area contributed by atoms with Crippen molar-refractivity contribution in [1.29, 1.82) is 0 Å². The molecule has 0 aromatic heterocycles. The number of anilines is 1. The summed E-state index contributed by atoms with van der Waals surface area (Å²) in [4.78, 5) is 1.14. The zero-order valence-electron chi connectivity index (χ0n) is 9.92. The molecule has 0 spiro atoms. The summed E-state index contributed by atoms with van der Waals surface area (Å²) >= 11 is 7.96.